The second kappa shape index (κ2) is 8.07. The first kappa shape index (κ1) is 19.2. The number of nitrogens with zero attached hydrogens (tertiary/aromatic N) is 2. The second-order valence-corrected chi connectivity index (χ2v) is 7.74. The highest BCUT2D eigenvalue weighted by Gasteiger charge is 2.35. The Kier molecular flexibility index (Phi) is 5.34. The van der Waals surface area contributed by atoms with Crippen molar-refractivity contribution in [3.63, 3.8) is 0 Å². The molecule has 4 rings (SSSR count). The fraction of sp³-hybridized carbons (Fsp3) is 0.348. The van der Waals surface area contributed by atoms with Crippen LogP contribution in [0.3, 0.4) is 0 Å². The molecule has 1 atom stereocenters. The summed E-state index contributed by atoms with van der Waals surface area (Å²) in [5, 5.41) is 2.84. The summed E-state index contributed by atoms with van der Waals surface area (Å²) in [4.78, 5) is 40.7. The molecule has 6 heteroatoms. The molecule has 2 aromatic carbocycles. The van der Waals surface area contributed by atoms with E-state index in [-0.39, 0.29) is 24.0 Å². The van der Waals surface area contributed by atoms with Crippen LogP contribution in [0.4, 0.5) is 17.1 Å². The maximum atomic E-state index is 12.7. The molecular formula is C23H25N3O3. The first-order valence-electron chi connectivity index (χ1n) is 10.1. The average Bonchev–Trinajstić information content (AvgIpc) is 3.38. The minimum Gasteiger partial charge on any atom is -0.372 e. The van der Waals surface area contributed by atoms with Crippen molar-refractivity contribution in [2.24, 2.45) is 5.92 Å². The lowest BCUT2D eigenvalue weighted by atomic mass is 10.1. The maximum absolute atomic E-state index is 12.7. The van der Waals surface area contributed by atoms with Crippen LogP contribution in [0.5, 0.6) is 0 Å². The summed E-state index contributed by atoms with van der Waals surface area (Å²) in [5.41, 5.74) is 3.12. The van der Waals surface area contributed by atoms with Crippen LogP contribution in [-0.2, 0) is 9.59 Å². The van der Waals surface area contributed by atoms with Gasteiger partial charge < -0.3 is 15.1 Å². The van der Waals surface area contributed by atoms with E-state index < -0.39 is 5.92 Å². The van der Waals surface area contributed by atoms with Crippen LogP contribution >= 0.6 is 0 Å². The van der Waals surface area contributed by atoms with Gasteiger partial charge in [-0.15, -0.1) is 0 Å². The van der Waals surface area contributed by atoms with E-state index in [1.807, 2.05) is 12.1 Å². The zero-order valence-electron chi connectivity index (χ0n) is 16.6. The highest BCUT2D eigenvalue weighted by Crippen LogP contribution is 2.29. The largest absolute Gasteiger partial charge is 0.372 e. The van der Waals surface area contributed by atoms with E-state index in [0.29, 0.717) is 17.8 Å². The van der Waals surface area contributed by atoms with Crippen molar-refractivity contribution in [1.82, 2.24) is 0 Å². The number of carbonyl (C=O) groups is 3. The van der Waals surface area contributed by atoms with Gasteiger partial charge in [0.05, 0.1) is 5.92 Å². The van der Waals surface area contributed by atoms with Gasteiger partial charge in [-0.3, -0.25) is 14.4 Å². The molecule has 2 fully saturated rings. The molecule has 150 valence electrons. The van der Waals surface area contributed by atoms with Gasteiger partial charge in [0.15, 0.2) is 5.78 Å². The van der Waals surface area contributed by atoms with Gasteiger partial charge in [0, 0.05) is 48.7 Å². The first-order valence-corrected chi connectivity index (χ1v) is 10.1. The van der Waals surface area contributed by atoms with Crippen molar-refractivity contribution in [2.75, 3.05) is 34.8 Å². The zero-order chi connectivity index (χ0) is 20.4. The molecule has 29 heavy (non-hydrogen) atoms. The molecule has 2 aliphatic rings. The van der Waals surface area contributed by atoms with Gasteiger partial charge in [0.1, 0.15) is 0 Å². The topological polar surface area (TPSA) is 69.7 Å². The maximum Gasteiger partial charge on any atom is 0.229 e. The molecule has 0 spiro atoms. The second-order valence-electron chi connectivity index (χ2n) is 7.74. The summed E-state index contributed by atoms with van der Waals surface area (Å²) < 4.78 is 0. The fourth-order valence-electron chi connectivity index (χ4n) is 4.01. The van der Waals surface area contributed by atoms with E-state index in [1.54, 1.807) is 29.2 Å². The highest BCUT2D eigenvalue weighted by molar-refractivity contribution is 6.04. The minimum atomic E-state index is -0.415. The Balaban J connectivity index is 1.41. The molecule has 2 heterocycles. The number of benzene rings is 2. The van der Waals surface area contributed by atoms with Crippen LogP contribution in [0.1, 0.15) is 36.5 Å². The molecule has 2 amide bonds. The van der Waals surface area contributed by atoms with Gasteiger partial charge in [-0.05, 0) is 56.2 Å². The molecule has 0 saturated carbocycles. The predicted octanol–water partition coefficient (Wildman–Crippen LogP) is 3.48. The van der Waals surface area contributed by atoms with Crippen molar-refractivity contribution in [2.45, 2.75) is 26.2 Å². The fourth-order valence-corrected chi connectivity index (χ4v) is 4.01. The third kappa shape index (κ3) is 4.16. The van der Waals surface area contributed by atoms with E-state index >= 15 is 0 Å². The lowest BCUT2D eigenvalue weighted by Crippen LogP contribution is -2.28. The van der Waals surface area contributed by atoms with Crippen LogP contribution in [0.2, 0.25) is 0 Å². The Morgan fingerprint density at radius 2 is 1.69 bits per heavy atom. The molecule has 0 aromatic heterocycles. The standard InChI is InChI=1S/C23H25N3O3/c1-16(27)17-5-4-6-19(13-17)24-23(29)18-14-22(28)26(15-18)21-9-7-20(8-10-21)25-11-2-3-12-25/h4-10,13,18H,2-3,11-12,14-15H2,1H3,(H,24,29). The Morgan fingerprint density at radius 1 is 1.00 bits per heavy atom. The van der Waals surface area contributed by atoms with Crippen LogP contribution in [0.25, 0.3) is 0 Å². The summed E-state index contributed by atoms with van der Waals surface area (Å²) in [6, 6.07) is 14.9. The molecular weight excluding hydrogens is 366 g/mol. The van der Waals surface area contributed by atoms with Crippen LogP contribution in [0, 0.1) is 5.92 Å². The summed E-state index contributed by atoms with van der Waals surface area (Å²) in [6.45, 7) is 4.01. The van der Waals surface area contributed by atoms with Gasteiger partial charge in [-0.2, -0.15) is 0 Å². The molecule has 2 aliphatic heterocycles. The Morgan fingerprint density at radius 3 is 2.38 bits per heavy atom. The van der Waals surface area contributed by atoms with Gasteiger partial charge in [0.2, 0.25) is 11.8 Å². The van der Waals surface area contributed by atoms with Crippen molar-refractivity contribution >= 4 is 34.7 Å². The number of ketones is 1. The van der Waals surface area contributed by atoms with Gasteiger partial charge in [-0.25, -0.2) is 0 Å². The number of anilines is 3. The third-order valence-corrected chi connectivity index (χ3v) is 5.67. The minimum absolute atomic E-state index is 0.0449. The number of Topliss-reactive ketones (excluding diaryl/α,β-unsaturated/α-hetero) is 1. The van der Waals surface area contributed by atoms with Gasteiger partial charge >= 0.3 is 0 Å². The normalized spacial score (nSPS) is 18.9. The number of hydrogen-bond donors (Lipinski definition) is 1. The monoisotopic (exact) mass is 391 g/mol. The molecule has 1 N–H and O–H groups in total. The van der Waals surface area contributed by atoms with Crippen molar-refractivity contribution < 1.29 is 14.4 Å². The van der Waals surface area contributed by atoms with Crippen LogP contribution in [0.15, 0.2) is 48.5 Å². The number of nitrogens with one attached hydrogen (secondary N) is 1. The summed E-state index contributed by atoms with van der Waals surface area (Å²) >= 11 is 0. The predicted molar refractivity (Wildman–Crippen MR) is 113 cm³/mol. The zero-order valence-corrected chi connectivity index (χ0v) is 16.6. The Hall–Kier alpha value is -3.15. The van der Waals surface area contributed by atoms with E-state index in [0.717, 1.165) is 18.8 Å². The molecule has 2 saturated heterocycles. The van der Waals surface area contributed by atoms with E-state index in [1.165, 1.54) is 25.5 Å². The molecule has 1 unspecified atom stereocenters. The number of amides is 2. The summed E-state index contributed by atoms with van der Waals surface area (Å²) in [5.74, 6) is -0.714. The number of rotatable bonds is 5. The quantitative estimate of drug-likeness (QED) is 0.793. The lowest BCUT2D eigenvalue weighted by Gasteiger charge is -2.20. The first-order chi connectivity index (χ1) is 14.0. The summed E-state index contributed by atoms with van der Waals surface area (Å²) in [7, 11) is 0. The van der Waals surface area contributed by atoms with Crippen molar-refractivity contribution in [3.05, 3.63) is 54.1 Å². The number of hydrogen-bond acceptors (Lipinski definition) is 4. The van der Waals surface area contributed by atoms with E-state index in [9.17, 15) is 14.4 Å². The van der Waals surface area contributed by atoms with Crippen LogP contribution in [-0.4, -0.2) is 37.2 Å². The van der Waals surface area contributed by atoms with Gasteiger partial charge in [-0.1, -0.05) is 12.1 Å². The smallest absolute Gasteiger partial charge is 0.229 e. The summed E-state index contributed by atoms with van der Waals surface area (Å²) in [6.07, 6.45) is 2.63. The lowest BCUT2D eigenvalue weighted by molar-refractivity contribution is -0.122. The molecule has 6 nitrogen and oxygen atoms in total. The van der Waals surface area contributed by atoms with Crippen molar-refractivity contribution in [3.8, 4) is 0 Å². The average molecular weight is 391 g/mol. The molecule has 0 aliphatic carbocycles. The molecule has 0 bridgehead atoms. The SMILES string of the molecule is CC(=O)c1cccc(NC(=O)C2CC(=O)N(c3ccc(N4CCCC4)cc3)C2)c1. The Bertz CT molecular complexity index is 933. The van der Waals surface area contributed by atoms with Gasteiger partial charge in [0.25, 0.3) is 0 Å². The third-order valence-electron chi connectivity index (χ3n) is 5.67. The number of carbonyl (C=O) groups excluding carboxylic acids is 3. The van der Waals surface area contributed by atoms with E-state index in [2.05, 4.69) is 22.3 Å². The van der Waals surface area contributed by atoms with Crippen molar-refractivity contribution in [1.29, 1.82) is 0 Å². The highest BCUT2D eigenvalue weighted by atomic mass is 16.2. The van der Waals surface area contributed by atoms with E-state index in [4.69, 9.17) is 0 Å². The van der Waals surface area contributed by atoms with Crippen LogP contribution < -0.4 is 15.1 Å². The Labute approximate surface area is 170 Å². The molecule has 2 aromatic rings. The molecule has 0 radical (unpaired) electrons.